The molecular weight excluding hydrogens is 218 g/mol. The predicted molar refractivity (Wildman–Crippen MR) is 81.9 cm³/mol. The maximum atomic E-state index is 3.49. The van der Waals surface area contributed by atoms with E-state index in [1.807, 2.05) is 0 Å². The number of rotatable bonds is 8. The van der Waals surface area contributed by atoms with Crippen LogP contribution < -0.4 is 5.32 Å². The fourth-order valence-corrected chi connectivity index (χ4v) is 4.27. The summed E-state index contributed by atoms with van der Waals surface area (Å²) in [7, 11) is 2.13. The Balaban J connectivity index is 2.56. The molecule has 1 N–H and O–H groups in total. The first kappa shape index (κ1) is 16.0. The van der Waals surface area contributed by atoms with Gasteiger partial charge in [-0.25, -0.2) is 0 Å². The van der Waals surface area contributed by atoms with Crippen molar-refractivity contribution in [1.82, 2.24) is 5.32 Å². The molecule has 1 heteroatoms. The molecule has 0 unspecified atom stereocenters. The Morgan fingerprint density at radius 3 is 2.17 bits per heavy atom. The molecule has 0 bridgehead atoms. The third kappa shape index (κ3) is 3.98. The largest absolute Gasteiger partial charge is 0.319 e. The highest BCUT2D eigenvalue weighted by atomic mass is 14.8. The molecule has 0 aromatic carbocycles. The highest BCUT2D eigenvalue weighted by Crippen LogP contribution is 2.47. The molecule has 18 heavy (non-hydrogen) atoms. The number of hydrogen-bond acceptors (Lipinski definition) is 1. The summed E-state index contributed by atoms with van der Waals surface area (Å²) in [4.78, 5) is 0. The number of hydrogen-bond donors (Lipinski definition) is 1. The van der Waals surface area contributed by atoms with Crippen molar-refractivity contribution < 1.29 is 0 Å². The van der Waals surface area contributed by atoms with Gasteiger partial charge in [0.1, 0.15) is 0 Å². The molecule has 1 rings (SSSR count). The molecule has 1 aliphatic rings. The van der Waals surface area contributed by atoms with Crippen LogP contribution in [-0.2, 0) is 0 Å². The fraction of sp³-hybridized carbons (Fsp3) is 1.00. The number of unbranched alkanes of at least 4 members (excludes halogenated alkanes) is 1. The van der Waals surface area contributed by atoms with Crippen molar-refractivity contribution in [3.8, 4) is 0 Å². The summed E-state index contributed by atoms with van der Waals surface area (Å²) in [5.74, 6) is 1.96. The van der Waals surface area contributed by atoms with E-state index in [1.165, 1.54) is 64.3 Å². The summed E-state index contributed by atoms with van der Waals surface area (Å²) in [5, 5.41) is 3.49. The molecule has 0 atom stereocenters. The topological polar surface area (TPSA) is 12.0 Å². The monoisotopic (exact) mass is 253 g/mol. The predicted octanol–water partition coefficient (Wildman–Crippen LogP) is 5.01. The van der Waals surface area contributed by atoms with Crippen molar-refractivity contribution in [1.29, 1.82) is 0 Å². The van der Waals surface area contributed by atoms with Gasteiger partial charge in [-0.05, 0) is 50.0 Å². The van der Waals surface area contributed by atoms with Crippen LogP contribution in [0.1, 0.15) is 78.6 Å². The van der Waals surface area contributed by atoms with Gasteiger partial charge in [0, 0.05) is 6.54 Å². The second-order valence-electron chi connectivity index (χ2n) is 6.49. The van der Waals surface area contributed by atoms with Crippen LogP contribution in [0.5, 0.6) is 0 Å². The van der Waals surface area contributed by atoms with Crippen LogP contribution in [0.2, 0.25) is 0 Å². The molecule has 0 heterocycles. The average molecular weight is 253 g/mol. The Bertz CT molecular complexity index is 200. The summed E-state index contributed by atoms with van der Waals surface area (Å²) in [6.45, 7) is 8.32. The molecule has 0 aromatic rings. The van der Waals surface area contributed by atoms with Gasteiger partial charge >= 0.3 is 0 Å². The highest BCUT2D eigenvalue weighted by molar-refractivity contribution is 4.91. The minimum absolute atomic E-state index is 0.612. The third-order valence-electron chi connectivity index (χ3n) is 5.45. The molecule has 0 saturated heterocycles. The van der Waals surface area contributed by atoms with Crippen LogP contribution in [0.25, 0.3) is 0 Å². The van der Waals surface area contributed by atoms with Gasteiger partial charge in [0.25, 0.3) is 0 Å². The molecule has 108 valence electrons. The lowest BCUT2D eigenvalue weighted by molar-refractivity contribution is 0.0649. The van der Waals surface area contributed by atoms with Crippen molar-refractivity contribution in [2.45, 2.75) is 78.6 Å². The van der Waals surface area contributed by atoms with Crippen LogP contribution in [0.15, 0.2) is 0 Å². The van der Waals surface area contributed by atoms with Crippen molar-refractivity contribution in [2.24, 2.45) is 17.3 Å². The Morgan fingerprint density at radius 2 is 1.72 bits per heavy atom. The zero-order valence-corrected chi connectivity index (χ0v) is 13.2. The molecule has 1 nitrogen and oxygen atoms in total. The van der Waals surface area contributed by atoms with Crippen LogP contribution in [0, 0.1) is 17.3 Å². The fourth-order valence-electron chi connectivity index (χ4n) is 4.27. The van der Waals surface area contributed by atoms with Gasteiger partial charge in [-0.15, -0.1) is 0 Å². The molecule has 0 spiro atoms. The lowest BCUT2D eigenvalue weighted by Gasteiger charge is -2.45. The molecular formula is C17H35N. The molecule has 0 aromatic heterocycles. The maximum Gasteiger partial charge on any atom is 0.000746 e. The summed E-state index contributed by atoms with van der Waals surface area (Å²) < 4.78 is 0. The zero-order valence-electron chi connectivity index (χ0n) is 13.2. The quantitative estimate of drug-likeness (QED) is 0.641. The molecule has 1 saturated carbocycles. The highest BCUT2D eigenvalue weighted by Gasteiger charge is 2.39. The van der Waals surface area contributed by atoms with Crippen molar-refractivity contribution in [3.05, 3.63) is 0 Å². The second kappa shape index (κ2) is 8.19. The zero-order chi connectivity index (χ0) is 13.4. The van der Waals surface area contributed by atoms with Crippen LogP contribution in [0.4, 0.5) is 0 Å². The lowest BCUT2D eigenvalue weighted by Crippen LogP contribution is -2.42. The SMILES string of the molecule is CCCCC1CCC(CNC)(C(CC)CC)CC1. The molecule has 1 aliphatic carbocycles. The minimum Gasteiger partial charge on any atom is -0.319 e. The second-order valence-corrected chi connectivity index (χ2v) is 6.49. The van der Waals surface area contributed by atoms with Gasteiger partial charge in [-0.1, -0.05) is 52.9 Å². The van der Waals surface area contributed by atoms with E-state index in [1.54, 1.807) is 0 Å². The maximum absolute atomic E-state index is 3.49. The van der Waals surface area contributed by atoms with Gasteiger partial charge < -0.3 is 5.32 Å². The summed E-state index contributed by atoms with van der Waals surface area (Å²) >= 11 is 0. The van der Waals surface area contributed by atoms with Crippen LogP contribution in [-0.4, -0.2) is 13.6 Å². The third-order valence-corrected chi connectivity index (χ3v) is 5.45. The van der Waals surface area contributed by atoms with Gasteiger partial charge in [0.05, 0.1) is 0 Å². The van der Waals surface area contributed by atoms with Crippen LogP contribution in [0.3, 0.4) is 0 Å². The Labute approximate surface area is 115 Å². The van der Waals surface area contributed by atoms with E-state index in [0.29, 0.717) is 5.41 Å². The van der Waals surface area contributed by atoms with Gasteiger partial charge in [0.15, 0.2) is 0 Å². The Kier molecular flexibility index (Phi) is 7.29. The molecule has 1 fully saturated rings. The van der Waals surface area contributed by atoms with Gasteiger partial charge in [-0.2, -0.15) is 0 Å². The van der Waals surface area contributed by atoms with E-state index in [-0.39, 0.29) is 0 Å². The normalized spacial score (nSPS) is 28.8. The standard InChI is InChI=1S/C17H35N/c1-5-8-9-15-10-12-17(13-11-15,14-18-4)16(6-2)7-3/h15-16,18H,5-14H2,1-4H3. The lowest BCUT2D eigenvalue weighted by atomic mass is 9.61. The van der Waals surface area contributed by atoms with E-state index in [9.17, 15) is 0 Å². The van der Waals surface area contributed by atoms with Gasteiger partial charge in [-0.3, -0.25) is 0 Å². The van der Waals surface area contributed by atoms with E-state index in [0.717, 1.165) is 11.8 Å². The van der Waals surface area contributed by atoms with Crippen LogP contribution >= 0.6 is 0 Å². The van der Waals surface area contributed by atoms with Crippen molar-refractivity contribution in [3.63, 3.8) is 0 Å². The molecule has 0 amide bonds. The smallest absolute Gasteiger partial charge is 0.000746 e. The Hall–Kier alpha value is -0.0400. The van der Waals surface area contributed by atoms with E-state index >= 15 is 0 Å². The first-order valence-electron chi connectivity index (χ1n) is 8.37. The van der Waals surface area contributed by atoms with E-state index in [4.69, 9.17) is 0 Å². The Morgan fingerprint density at radius 1 is 1.11 bits per heavy atom. The van der Waals surface area contributed by atoms with Gasteiger partial charge in [0.2, 0.25) is 0 Å². The van der Waals surface area contributed by atoms with E-state index < -0.39 is 0 Å². The average Bonchev–Trinajstić information content (AvgIpc) is 2.40. The summed E-state index contributed by atoms with van der Waals surface area (Å²) in [5.41, 5.74) is 0.612. The summed E-state index contributed by atoms with van der Waals surface area (Å²) in [6.07, 6.45) is 12.9. The first-order valence-corrected chi connectivity index (χ1v) is 8.37. The number of nitrogens with one attached hydrogen (secondary N) is 1. The summed E-state index contributed by atoms with van der Waals surface area (Å²) in [6, 6.07) is 0. The van der Waals surface area contributed by atoms with E-state index in [2.05, 4.69) is 33.1 Å². The molecule has 0 aliphatic heterocycles. The van der Waals surface area contributed by atoms with Crippen molar-refractivity contribution in [2.75, 3.05) is 13.6 Å². The minimum atomic E-state index is 0.612. The molecule has 0 radical (unpaired) electrons. The first-order chi connectivity index (χ1) is 8.72. The van der Waals surface area contributed by atoms with Crippen molar-refractivity contribution >= 4 is 0 Å².